The average molecular weight is 337 g/mol. The molecule has 5 heteroatoms. The number of rotatable bonds is 4. The highest BCUT2D eigenvalue weighted by Crippen LogP contribution is 2.30. The molecule has 2 aromatic rings. The number of nitrogens with one attached hydrogen (secondary N) is 1. The van der Waals surface area contributed by atoms with E-state index >= 15 is 0 Å². The van der Waals surface area contributed by atoms with Crippen LogP contribution in [0.2, 0.25) is 0 Å². The number of primary amides is 1. The molecule has 0 fully saturated rings. The van der Waals surface area contributed by atoms with E-state index < -0.39 is 11.4 Å². The van der Waals surface area contributed by atoms with Gasteiger partial charge in [-0.3, -0.25) is 4.79 Å². The second-order valence-corrected chi connectivity index (χ2v) is 5.46. The predicted octanol–water partition coefficient (Wildman–Crippen LogP) is 3.40. The number of anilines is 1. The number of carbonyl (C=O) groups excluding carboxylic acids is 1. The molecule has 0 saturated heterocycles. The number of nitrogens with two attached hydrogens (primary N) is 1. The molecule has 0 saturated carbocycles. The molecule has 20 heavy (non-hydrogen) atoms. The van der Waals surface area contributed by atoms with E-state index in [9.17, 15) is 9.18 Å². The lowest BCUT2D eigenvalue weighted by molar-refractivity contribution is -0.122. The van der Waals surface area contributed by atoms with Gasteiger partial charge in [0.15, 0.2) is 0 Å². The van der Waals surface area contributed by atoms with Crippen LogP contribution in [-0.2, 0) is 10.3 Å². The van der Waals surface area contributed by atoms with Gasteiger partial charge in [0.2, 0.25) is 5.91 Å². The maximum Gasteiger partial charge on any atom is 0.247 e. The van der Waals surface area contributed by atoms with E-state index in [0.717, 1.165) is 10.2 Å². The van der Waals surface area contributed by atoms with Gasteiger partial charge in [0, 0.05) is 10.2 Å². The van der Waals surface area contributed by atoms with Crippen molar-refractivity contribution in [2.75, 3.05) is 5.32 Å². The fourth-order valence-corrected chi connectivity index (χ4v) is 2.28. The lowest BCUT2D eigenvalue weighted by Crippen LogP contribution is -2.45. The standard InChI is InChI=1S/C15H14BrFN2O/c1-15(14(18)20,10-6-8-11(17)9-7-10)19-13-5-3-2-4-12(13)16/h2-9,19H,1H3,(H2,18,20). The minimum atomic E-state index is -1.13. The van der Waals surface area contributed by atoms with Gasteiger partial charge in [0.25, 0.3) is 0 Å². The zero-order valence-corrected chi connectivity index (χ0v) is 12.4. The van der Waals surface area contributed by atoms with E-state index in [0.29, 0.717) is 5.56 Å². The largest absolute Gasteiger partial charge is 0.367 e. The molecule has 1 amide bonds. The van der Waals surface area contributed by atoms with Crippen molar-refractivity contribution in [3.8, 4) is 0 Å². The van der Waals surface area contributed by atoms with E-state index in [2.05, 4.69) is 21.2 Å². The minimum absolute atomic E-state index is 0.360. The van der Waals surface area contributed by atoms with E-state index in [1.54, 1.807) is 19.1 Å². The Morgan fingerprint density at radius 3 is 2.35 bits per heavy atom. The van der Waals surface area contributed by atoms with E-state index in [1.807, 2.05) is 24.3 Å². The Morgan fingerprint density at radius 2 is 1.80 bits per heavy atom. The fraction of sp³-hybridized carbons (Fsp3) is 0.133. The number of amides is 1. The maximum atomic E-state index is 13.0. The normalized spacial score (nSPS) is 13.6. The summed E-state index contributed by atoms with van der Waals surface area (Å²) in [4.78, 5) is 11.9. The summed E-state index contributed by atoms with van der Waals surface area (Å²) >= 11 is 3.41. The smallest absolute Gasteiger partial charge is 0.247 e. The van der Waals surface area contributed by atoms with Crippen molar-refractivity contribution >= 4 is 27.5 Å². The van der Waals surface area contributed by atoms with Crippen LogP contribution >= 0.6 is 15.9 Å². The summed E-state index contributed by atoms with van der Waals surface area (Å²) in [6, 6.07) is 13.1. The molecule has 2 aromatic carbocycles. The Kier molecular flexibility index (Phi) is 4.09. The van der Waals surface area contributed by atoms with Gasteiger partial charge < -0.3 is 11.1 Å². The molecule has 0 spiro atoms. The predicted molar refractivity (Wildman–Crippen MR) is 80.7 cm³/mol. The van der Waals surface area contributed by atoms with Crippen molar-refractivity contribution in [2.24, 2.45) is 5.73 Å². The van der Waals surface area contributed by atoms with Crippen molar-refractivity contribution in [1.29, 1.82) is 0 Å². The summed E-state index contributed by atoms with van der Waals surface area (Å²) in [5, 5.41) is 3.12. The Hall–Kier alpha value is -1.88. The molecule has 0 radical (unpaired) electrons. The first-order valence-corrected chi connectivity index (χ1v) is 6.81. The maximum absolute atomic E-state index is 13.0. The summed E-state index contributed by atoms with van der Waals surface area (Å²) in [5.74, 6) is -0.902. The van der Waals surface area contributed by atoms with Gasteiger partial charge in [0.1, 0.15) is 11.4 Å². The van der Waals surface area contributed by atoms with Crippen molar-refractivity contribution in [3.05, 3.63) is 64.4 Å². The molecule has 2 rings (SSSR count). The van der Waals surface area contributed by atoms with Crippen LogP contribution in [0.5, 0.6) is 0 Å². The summed E-state index contributed by atoms with van der Waals surface area (Å²) in [7, 11) is 0. The Labute approximate surface area is 125 Å². The van der Waals surface area contributed by atoms with Gasteiger partial charge in [-0.1, -0.05) is 24.3 Å². The van der Waals surface area contributed by atoms with E-state index in [1.165, 1.54) is 12.1 Å². The van der Waals surface area contributed by atoms with Crippen molar-refractivity contribution in [2.45, 2.75) is 12.5 Å². The van der Waals surface area contributed by atoms with Gasteiger partial charge in [-0.25, -0.2) is 4.39 Å². The van der Waals surface area contributed by atoms with Crippen LogP contribution in [0.25, 0.3) is 0 Å². The third-order valence-electron chi connectivity index (χ3n) is 3.17. The third kappa shape index (κ3) is 2.82. The molecule has 0 aliphatic rings. The zero-order valence-electron chi connectivity index (χ0n) is 10.9. The minimum Gasteiger partial charge on any atom is -0.367 e. The van der Waals surface area contributed by atoms with Gasteiger partial charge in [0.05, 0.1) is 0 Å². The van der Waals surface area contributed by atoms with Crippen LogP contribution in [0.3, 0.4) is 0 Å². The molecule has 1 unspecified atom stereocenters. The molecule has 0 aliphatic heterocycles. The van der Waals surface area contributed by atoms with Gasteiger partial charge in [-0.2, -0.15) is 0 Å². The van der Waals surface area contributed by atoms with E-state index in [4.69, 9.17) is 5.73 Å². The Bertz CT molecular complexity index is 630. The first-order chi connectivity index (χ1) is 9.43. The third-order valence-corrected chi connectivity index (χ3v) is 3.86. The summed E-state index contributed by atoms with van der Waals surface area (Å²) in [6.45, 7) is 1.67. The zero-order chi connectivity index (χ0) is 14.8. The second-order valence-electron chi connectivity index (χ2n) is 4.60. The Balaban J connectivity index is 2.43. The molecule has 3 nitrogen and oxygen atoms in total. The van der Waals surface area contributed by atoms with Crippen molar-refractivity contribution in [1.82, 2.24) is 0 Å². The quantitative estimate of drug-likeness (QED) is 0.898. The highest BCUT2D eigenvalue weighted by molar-refractivity contribution is 9.10. The van der Waals surface area contributed by atoms with Crippen LogP contribution in [0.1, 0.15) is 12.5 Å². The van der Waals surface area contributed by atoms with Gasteiger partial charge in [-0.05, 0) is 52.7 Å². The fourth-order valence-electron chi connectivity index (χ4n) is 1.89. The molecule has 0 heterocycles. The van der Waals surface area contributed by atoms with Crippen molar-refractivity contribution in [3.63, 3.8) is 0 Å². The van der Waals surface area contributed by atoms with E-state index in [-0.39, 0.29) is 5.82 Å². The summed E-state index contributed by atoms with van der Waals surface area (Å²) < 4.78 is 13.8. The van der Waals surface area contributed by atoms with Crippen molar-refractivity contribution < 1.29 is 9.18 Å². The molecular formula is C15H14BrFN2O. The number of hydrogen-bond acceptors (Lipinski definition) is 2. The number of carbonyl (C=O) groups is 1. The SMILES string of the molecule is CC(Nc1ccccc1Br)(C(N)=O)c1ccc(F)cc1. The molecular weight excluding hydrogens is 323 g/mol. The van der Waals surface area contributed by atoms with Crippen LogP contribution in [0.15, 0.2) is 53.0 Å². The number of hydrogen-bond donors (Lipinski definition) is 2. The van der Waals surface area contributed by atoms with Gasteiger partial charge in [-0.15, -0.1) is 0 Å². The topological polar surface area (TPSA) is 55.1 Å². The lowest BCUT2D eigenvalue weighted by Gasteiger charge is -2.29. The highest BCUT2D eigenvalue weighted by Gasteiger charge is 2.33. The van der Waals surface area contributed by atoms with Crippen LogP contribution in [0.4, 0.5) is 10.1 Å². The molecule has 3 N–H and O–H groups in total. The molecule has 0 bridgehead atoms. The monoisotopic (exact) mass is 336 g/mol. The first-order valence-electron chi connectivity index (χ1n) is 6.02. The van der Waals surface area contributed by atoms with Crippen LogP contribution in [-0.4, -0.2) is 5.91 Å². The lowest BCUT2D eigenvalue weighted by atomic mass is 9.91. The summed E-state index contributed by atoms with van der Waals surface area (Å²) in [6.07, 6.45) is 0. The highest BCUT2D eigenvalue weighted by atomic mass is 79.9. The summed E-state index contributed by atoms with van der Waals surface area (Å²) in [5.41, 5.74) is 5.73. The average Bonchev–Trinajstić information content (AvgIpc) is 2.42. The number of halogens is 2. The Morgan fingerprint density at radius 1 is 1.20 bits per heavy atom. The number of benzene rings is 2. The molecule has 104 valence electrons. The van der Waals surface area contributed by atoms with Gasteiger partial charge >= 0.3 is 0 Å². The second kappa shape index (κ2) is 5.63. The first kappa shape index (κ1) is 14.5. The molecule has 0 aromatic heterocycles. The van der Waals surface area contributed by atoms with Crippen LogP contribution < -0.4 is 11.1 Å². The number of para-hydroxylation sites is 1. The van der Waals surface area contributed by atoms with Crippen LogP contribution in [0, 0.1) is 5.82 Å². The molecule has 0 aliphatic carbocycles. The molecule has 1 atom stereocenters.